The van der Waals surface area contributed by atoms with Crippen LogP contribution in [0.15, 0.2) is 48.5 Å². The van der Waals surface area contributed by atoms with E-state index < -0.39 is 17.5 Å². The summed E-state index contributed by atoms with van der Waals surface area (Å²) < 4.78 is 34.2. The quantitative estimate of drug-likeness (QED) is 0.566. The minimum absolute atomic E-state index is 0.295. The van der Waals surface area contributed by atoms with Crippen LogP contribution in [-0.4, -0.2) is 17.6 Å². The first kappa shape index (κ1) is 18.1. The summed E-state index contributed by atoms with van der Waals surface area (Å²) in [6.07, 6.45) is 0. The number of benzene rings is 3. The number of methoxy groups -OCH3 is 1. The van der Waals surface area contributed by atoms with Gasteiger partial charge in [-0.25, -0.2) is 8.78 Å². The van der Waals surface area contributed by atoms with Gasteiger partial charge in [0.15, 0.2) is 11.6 Å². The number of halogens is 2. The molecule has 0 aliphatic carbocycles. The van der Waals surface area contributed by atoms with E-state index in [0.717, 1.165) is 28.0 Å². The number of carbonyl (C=O) groups is 1. The molecule has 0 atom stereocenters. The number of amides is 1. The number of ether oxygens (including phenoxy) is 1. The second-order valence-corrected chi connectivity index (χ2v) is 6.60. The highest BCUT2D eigenvalue weighted by atomic mass is 19.2. The molecule has 4 rings (SSSR count). The summed E-state index contributed by atoms with van der Waals surface area (Å²) in [5.74, 6) is -2.33. The van der Waals surface area contributed by atoms with Gasteiger partial charge in [-0.1, -0.05) is 12.1 Å². The first-order chi connectivity index (χ1) is 13.5. The molecular weight excluding hydrogens is 362 g/mol. The lowest BCUT2D eigenvalue weighted by molar-refractivity contribution is 0.100. The van der Waals surface area contributed by atoms with Gasteiger partial charge >= 0.3 is 0 Å². The number of rotatable bonds is 5. The van der Waals surface area contributed by atoms with Crippen molar-refractivity contribution in [3.05, 3.63) is 82.9 Å². The van der Waals surface area contributed by atoms with Crippen LogP contribution in [0.5, 0.6) is 0 Å². The Morgan fingerprint density at radius 1 is 1.11 bits per heavy atom. The maximum Gasteiger partial charge on any atom is 0.249 e. The Kier molecular flexibility index (Phi) is 4.57. The monoisotopic (exact) mass is 379 g/mol. The highest BCUT2D eigenvalue weighted by molar-refractivity contribution is 6.17. The highest BCUT2D eigenvalue weighted by Gasteiger charge is 2.17. The first-order valence-electron chi connectivity index (χ1n) is 8.67. The molecule has 0 aliphatic rings. The summed E-state index contributed by atoms with van der Waals surface area (Å²) in [7, 11) is 1.60. The number of fused-ring (bicyclic) bond motifs is 3. The summed E-state index contributed by atoms with van der Waals surface area (Å²) in [6.45, 7) is 0.700. The first-order valence-corrected chi connectivity index (χ1v) is 8.67. The van der Waals surface area contributed by atoms with E-state index in [4.69, 9.17) is 10.5 Å². The van der Waals surface area contributed by atoms with Crippen LogP contribution in [0.25, 0.3) is 21.8 Å². The minimum atomic E-state index is -0.900. The molecule has 4 aromatic rings. The van der Waals surface area contributed by atoms with E-state index in [1.165, 1.54) is 12.1 Å². The molecule has 1 amide bonds. The zero-order valence-corrected chi connectivity index (χ0v) is 15.1. The maximum absolute atomic E-state index is 13.7. The molecule has 4 nitrogen and oxygen atoms in total. The summed E-state index contributed by atoms with van der Waals surface area (Å²) in [6, 6.07) is 16.1. The standard InChI is InChI=1S/C22H17F2N2O2/c1-28-12-14-5-7-15-20(10-14)26(11-13-6-8-17(23)18(24)9-13)19-4-2-3-16(21(15)19)22(25)27/h2-6,8-10H,11-12H2,1H3,(H2,25,27). The van der Waals surface area contributed by atoms with Gasteiger partial charge < -0.3 is 15.0 Å². The molecule has 1 aromatic heterocycles. The smallest absolute Gasteiger partial charge is 0.249 e. The average Bonchev–Trinajstić information content (AvgIpc) is 2.98. The Labute approximate surface area is 160 Å². The third-order valence-corrected chi connectivity index (χ3v) is 4.76. The molecule has 3 aromatic carbocycles. The second kappa shape index (κ2) is 7.05. The van der Waals surface area contributed by atoms with Gasteiger partial charge in [-0.3, -0.25) is 4.79 Å². The van der Waals surface area contributed by atoms with E-state index in [0.29, 0.717) is 29.7 Å². The molecule has 2 N–H and O–H groups in total. The Balaban J connectivity index is 2.00. The molecular formula is C22H17F2N2O2. The van der Waals surface area contributed by atoms with Gasteiger partial charge in [-0.15, -0.1) is 0 Å². The number of carbonyl (C=O) groups excluding carboxylic acids is 1. The Morgan fingerprint density at radius 3 is 2.64 bits per heavy atom. The summed E-state index contributed by atoms with van der Waals surface area (Å²) >= 11 is 0. The third-order valence-electron chi connectivity index (χ3n) is 4.76. The molecule has 0 fully saturated rings. The van der Waals surface area contributed by atoms with Crippen LogP contribution in [0.1, 0.15) is 21.5 Å². The van der Waals surface area contributed by atoms with Crippen molar-refractivity contribution in [2.24, 2.45) is 5.73 Å². The average molecular weight is 379 g/mol. The molecule has 0 unspecified atom stereocenters. The molecule has 0 aliphatic heterocycles. The van der Waals surface area contributed by atoms with E-state index in [1.54, 1.807) is 19.2 Å². The molecule has 0 saturated carbocycles. The molecule has 1 heterocycles. The summed E-state index contributed by atoms with van der Waals surface area (Å²) in [4.78, 5) is 12.0. The van der Waals surface area contributed by atoms with Crippen molar-refractivity contribution >= 4 is 27.7 Å². The van der Waals surface area contributed by atoms with Gasteiger partial charge in [0, 0.05) is 30.0 Å². The van der Waals surface area contributed by atoms with Gasteiger partial charge in [-0.2, -0.15) is 0 Å². The van der Waals surface area contributed by atoms with E-state index in [2.05, 4.69) is 6.07 Å². The third kappa shape index (κ3) is 3.01. The minimum Gasteiger partial charge on any atom is -0.380 e. The van der Waals surface area contributed by atoms with Crippen molar-refractivity contribution in [2.45, 2.75) is 13.2 Å². The molecule has 0 spiro atoms. The van der Waals surface area contributed by atoms with Crippen LogP contribution in [-0.2, 0) is 17.9 Å². The van der Waals surface area contributed by atoms with Crippen LogP contribution in [0.2, 0.25) is 0 Å². The van der Waals surface area contributed by atoms with E-state index in [1.807, 2.05) is 22.8 Å². The zero-order chi connectivity index (χ0) is 19.8. The van der Waals surface area contributed by atoms with Crippen LogP contribution < -0.4 is 5.73 Å². The van der Waals surface area contributed by atoms with Gasteiger partial charge in [0.25, 0.3) is 0 Å². The lowest BCUT2D eigenvalue weighted by Crippen LogP contribution is -2.11. The Bertz CT molecular complexity index is 1210. The molecule has 141 valence electrons. The van der Waals surface area contributed by atoms with Gasteiger partial charge in [0.2, 0.25) is 5.91 Å². The van der Waals surface area contributed by atoms with Gasteiger partial charge in [0.1, 0.15) is 0 Å². The van der Waals surface area contributed by atoms with Crippen molar-refractivity contribution < 1.29 is 18.3 Å². The predicted molar refractivity (Wildman–Crippen MR) is 103 cm³/mol. The van der Waals surface area contributed by atoms with E-state index >= 15 is 0 Å². The maximum atomic E-state index is 13.7. The summed E-state index contributed by atoms with van der Waals surface area (Å²) in [5, 5.41) is 1.43. The van der Waals surface area contributed by atoms with Crippen molar-refractivity contribution in [2.75, 3.05) is 7.11 Å². The van der Waals surface area contributed by atoms with E-state index in [9.17, 15) is 13.6 Å². The lowest BCUT2D eigenvalue weighted by atomic mass is 10.0. The number of hydrogen-bond donors (Lipinski definition) is 1. The van der Waals surface area contributed by atoms with Crippen molar-refractivity contribution in [1.82, 2.24) is 4.57 Å². The van der Waals surface area contributed by atoms with E-state index in [-0.39, 0.29) is 0 Å². The molecule has 1 radical (unpaired) electrons. The summed E-state index contributed by atoms with van der Waals surface area (Å²) in [5.41, 5.74) is 9.04. The normalized spacial score (nSPS) is 11.4. The number of nitrogens with two attached hydrogens (primary N) is 1. The molecule has 0 bridgehead atoms. The molecule has 0 saturated heterocycles. The largest absolute Gasteiger partial charge is 0.380 e. The molecule has 28 heavy (non-hydrogen) atoms. The van der Waals surface area contributed by atoms with Crippen molar-refractivity contribution in [1.29, 1.82) is 0 Å². The van der Waals surface area contributed by atoms with Crippen LogP contribution in [0, 0.1) is 17.7 Å². The lowest BCUT2D eigenvalue weighted by Gasteiger charge is -2.09. The number of nitrogens with zero attached hydrogens (tertiary/aromatic N) is 1. The SMILES string of the molecule is COCc1c[c]c2c3c(C(N)=O)cccc3n(Cc3ccc(F)c(F)c3)c2c1. The Hall–Kier alpha value is -3.25. The number of aromatic nitrogens is 1. The van der Waals surface area contributed by atoms with Crippen LogP contribution in [0.4, 0.5) is 8.78 Å². The second-order valence-electron chi connectivity index (χ2n) is 6.60. The van der Waals surface area contributed by atoms with Crippen LogP contribution in [0.3, 0.4) is 0 Å². The van der Waals surface area contributed by atoms with Gasteiger partial charge in [0.05, 0.1) is 17.6 Å². The fraction of sp³-hybridized carbons (Fsp3) is 0.136. The topological polar surface area (TPSA) is 57.2 Å². The zero-order valence-electron chi connectivity index (χ0n) is 15.1. The fourth-order valence-corrected chi connectivity index (χ4v) is 3.55. The molecule has 6 heteroatoms. The predicted octanol–water partition coefficient (Wildman–Crippen LogP) is 4.17. The number of primary amides is 1. The Morgan fingerprint density at radius 2 is 1.93 bits per heavy atom. The highest BCUT2D eigenvalue weighted by Crippen LogP contribution is 2.33. The van der Waals surface area contributed by atoms with Gasteiger partial charge in [-0.05, 0) is 53.6 Å². The number of hydrogen-bond acceptors (Lipinski definition) is 2. The fourth-order valence-electron chi connectivity index (χ4n) is 3.55. The van der Waals surface area contributed by atoms with Crippen molar-refractivity contribution in [3.63, 3.8) is 0 Å². The van der Waals surface area contributed by atoms with Crippen molar-refractivity contribution in [3.8, 4) is 0 Å². The van der Waals surface area contributed by atoms with Crippen LogP contribution >= 0.6 is 0 Å².